The molecule has 0 bridgehead atoms. The molecule has 0 aliphatic heterocycles. The fraction of sp³-hybridized carbons (Fsp3) is 0.571. The highest BCUT2D eigenvalue weighted by atomic mass is 19.1. The highest BCUT2D eigenvalue weighted by Crippen LogP contribution is 2.40. The Morgan fingerprint density at radius 3 is 2.71 bits per heavy atom. The van der Waals surface area contributed by atoms with Crippen molar-refractivity contribution in [1.82, 2.24) is 4.90 Å². The standard InChI is InChI=1S/C14H20FNO/c1-16(10-14(11-17)6-3-7-14)9-12-4-2-5-13(15)8-12/h2,4-5,8,17H,3,6-7,9-11H2,1H3. The molecule has 1 saturated carbocycles. The first-order chi connectivity index (χ1) is 8.13. The molecule has 94 valence electrons. The van der Waals surface area contributed by atoms with Gasteiger partial charge in [0.05, 0.1) is 0 Å². The van der Waals surface area contributed by atoms with E-state index in [9.17, 15) is 9.50 Å². The first-order valence-corrected chi connectivity index (χ1v) is 6.17. The fourth-order valence-corrected chi connectivity index (χ4v) is 2.62. The van der Waals surface area contributed by atoms with Crippen LogP contribution in [-0.4, -0.2) is 30.2 Å². The molecule has 1 fully saturated rings. The van der Waals surface area contributed by atoms with Crippen LogP contribution in [0.2, 0.25) is 0 Å². The van der Waals surface area contributed by atoms with Crippen LogP contribution < -0.4 is 0 Å². The molecule has 2 rings (SSSR count). The maximum Gasteiger partial charge on any atom is 0.123 e. The predicted octanol–water partition coefficient (Wildman–Crippen LogP) is 2.42. The normalized spacial score (nSPS) is 18.1. The summed E-state index contributed by atoms with van der Waals surface area (Å²) in [5, 5.41) is 9.41. The van der Waals surface area contributed by atoms with Crippen LogP contribution >= 0.6 is 0 Å². The van der Waals surface area contributed by atoms with Gasteiger partial charge in [-0.2, -0.15) is 0 Å². The van der Waals surface area contributed by atoms with Gasteiger partial charge in [-0.15, -0.1) is 0 Å². The first-order valence-electron chi connectivity index (χ1n) is 6.17. The minimum atomic E-state index is -0.184. The molecule has 0 unspecified atom stereocenters. The Morgan fingerprint density at radius 2 is 2.18 bits per heavy atom. The van der Waals surface area contributed by atoms with Crippen molar-refractivity contribution in [1.29, 1.82) is 0 Å². The third-order valence-electron chi connectivity index (χ3n) is 3.70. The molecule has 0 aromatic heterocycles. The molecule has 0 saturated heterocycles. The van der Waals surface area contributed by atoms with Crippen molar-refractivity contribution in [3.05, 3.63) is 35.6 Å². The summed E-state index contributed by atoms with van der Waals surface area (Å²) >= 11 is 0. The van der Waals surface area contributed by atoms with Gasteiger partial charge in [-0.25, -0.2) is 4.39 Å². The van der Waals surface area contributed by atoms with Gasteiger partial charge in [0.1, 0.15) is 5.82 Å². The summed E-state index contributed by atoms with van der Waals surface area (Å²) < 4.78 is 13.0. The number of halogens is 1. The first kappa shape index (κ1) is 12.5. The maximum absolute atomic E-state index is 13.0. The molecule has 3 heteroatoms. The molecule has 2 nitrogen and oxygen atoms in total. The van der Waals surface area contributed by atoms with E-state index in [1.54, 1.807) is 12.1 Å². The summed E-state index contributed by atoms with van der Waals surface area (Å²) in [7, 11) is 2.03. The van der Waals surface area contributed by atoms with Gasteiger partial charge in [-0.05, 0) is 37.6 Å². The average molecular weight is 237 g/mol. The topological polar surface area (TPSA) is 23.5 Å². The summed E-state index contributed by atoms with van der Waals surface area (Å²) in [6.45, 7) is 1.89. The number of aliphatic hydroxyl groups is 1. The van der Waals surface area contributed by atoms with Crippen molar-refractivity contribution in [2.75, 3.05) is 20.2 Å². The SMILES string of the molecule is CN(Cc1cccc(F)c1)CC1(CO)CCC1. The van der Waals surface area contributed by atoms with E-state index >= 15 is 0 Å². The lowest BCUT2D eigenvalue weighted by Gasteiger charge is -2.43. The van der Waals surface area contributed by atoms with Gasteiger partial charge in [-0.1, -0.05) is 18.6 Å². The zero-order valence-electron chi connectivity index (χ0n) is 10.3. The zero-order valence-corrected chi connectivity index (χ0v) is 10.3. The molecule has 0 atom stereocenters. The van der Waals surface area contributed by atoms with Gasteiger partial charge in [0.15, 0.2) is 0 Å². The van der Waals surface area contributed by atoms with Crippen LogP contribution in [0.4, 0.5) is 4.39 Å². The van der Waals surface area contributed by atoms with E-state index < -0.39 is 0 Å². The highest BCUT2D eigenvalue weighted by molar-refractivity contribution is 5.16. The lowest BCUT2D eigenvalue weighted by Crippen LogP contribution is -2.43. The van der Waals surface area contributed by atoms with Crippen LogP contribution in [0.3, 0.4) is 0 Å². The Labute approximate surface area is 102 Å². The van der Waals surface area contributed by atoms with E-state index in [1.165, 1.54) is 12.5 Å². The van der Waals surface area contributed by atoms with E-state index in [4.69, 9.17) is 0 Å². The van der Waals surface area contributed by atoms with Crippen LogP contribution in [0.15, 0.2) is 24.3 Å². The molecule has 1 aromatic rings. The Hall–Kier alpha value is -0.930. The minimum Gasteiger partial charge on any atom is -0.396 e. The van der Waals surface area contributed by atoms with E-state index in [2.05, 4.69) is 4.90 Å². The Balaban J connectivity index is 1.90. The highest BCUT2D eigenvalue weighted by Gasteiger charge is 2.37. The van der Waals surface area contributed by atoms with Gasteiger partial charge in [0, 0.05) is 25.1 Å². The summed E-state index contributed by atoms with van der Waals surface area (Å²) in [4.78, 5) is 2.17. The number of aliphatic hydroxyl groups excluding tert-OH is 1. The second-order valence-electron chi connectivity index (χ2n) is 5.31. The lowest BCUT2D eigenvalue weighted by atomic mass is 9.69. The van der Waals surface area contributed by atoms with E-state index in [-0.39, 0.29) is 17.8 Å². The van der Waals surface area contributed by atoms with E-state index in [0.717, 1.165) is 31.5 Å². The zero-order chi connectivity index (χ0) is 12.3. The van der Waals surface area contributed by atoms with Crippen LogP contribution in [0.5, 0.6) is 0 Å². The summed E-state index contributed by atoms with van der Waals surface area (Å²) in [6.07, 6.45) is 3.43. The van der Waals surface area contributed by atoms with E-state index in [1.807, 2.05) is 13.1 Å². The molecule has 1 N–H and O–H groups in total. The van der Waals surface area contributed by atoms with Crippen LogP contribution in [0.25, 0.3) is 0 Å². The Bertz CT molecular complexity index is 371. The number of hydrogen-bond acceptors (Lipinski definition) is 2. The second kappa shape index (κ2) is 5.15. The van der Waals surface area contributed by atoms with Crippen molar-refractivity contribution in [2.45, 2.75) is 25.8 Å². The van der Waals surface area contributed by atoms with Crippen LogP contribution in [-0.2, 0) is 6.54 Å². The lowest BCUT2D eigenvalue weighted by molar-refractivity contribution is 0.0127. The monoisotopic (exact) mass is 237 g/mol. The summed E-state index contributed by atoms with van der Waals surface area (Å²) in [5.74, 6) is -0.184. The number of rotatable bonds is 5. The molecule has 0 spiro atoms. The smallest absolute Gasteiger partial charge is 0.123 e. The van der Waals surface area contributed by atoms with Crippen LogP contribution in [0.1, 0.15) is 24.8 Å². The third kappa shape index (κ3) is 3.05. The Kier molecular flexibility index (Phi) is 3.79. The second-order valence-corrected chi connectivity index (χ2v) is 5.31. The molecule has 0 heterocycles. The average Bonchev–Trinajstić information content (AvgIpc) is 2.23. The molecule has 17 heavy (non-hydrogen) atoms. The maximum atomic E-state index is 13.0. The van der Waals surface area contributed by atoms with Gasteiger partial charge in [-0.3, -0.25) is 0 Å². The number of hydrogen-bond donors (Lipinski definition) is 1. The van der Waals surface area contributed by atoms with Gasteiger partial charge in [0.2, 0.25) is 0 Å². The Morgan fingerprint density at radius 1 is 1.41 bits per heavy atom. The summed E-state index contributed by atoms with van der Waals surface area (Å²) in [5.41, 5.74) is 1.09. The molecule has 1 aromatic carbocycles. The molecule has 0 radical (unpaired) electrons. The summed E-state index contributed by atoms with van der Waals surface area (Å²) in [6, 6.07) is 6.71. The van der Waals surface area contributed by atoms with Gasteiger partial charge < -0.3 is 10.0 Å². The predicted molar refractivity (Wildman–Crippen MR) is 66.1 cm³/mol. The third-order valence-corrected chi connectivity index (χ3v) is 3.70. The molecule has 1 aliphatic carbocycles. The van der Waals surface area contributed by atoms with Gasteiger partial charge >= 0.3 is 0 Å². The molecular weight excluding hydrogens is 217 g/mol. The van der Waals surface area contributed by atoms with Crippen molar-refractivity contribution in [3.8, 4) is 0 Å². The van der Waals surface area contributed by atoms with Crippen molar-refractivity contribution >= 4 is 0 Å². The number of nitrogens with zero attached hydrogens (tertiary/aromatic N) is 1. The molecular formula is C14H20FNO. The van der Waals surface area contributed by atoms with Gasteiger partial charge in [0.25, 0.3) is 0 Å². The van der Waals surface area contributed by atoms with Crippen molar-refractivity contribution < 1.29 is 9.50 Å². The van der Waals surface area contributed by atoms with Crippen LogP contribution in [0, 0.1) is 11.2 Å². The number of benzene rings is 1. The fourth-order valence-electron chi connectivity index (χ4n) is 2.62. The molecule has 1 aliphatic rings. The minimum absolute atomic E-state index is 0.0993. The quantitative estimate of drug-likeness (QED) is 0.850. The van der Waals surface area contributed by atoms with E-state index in [0.29, 0.717) is 0 Å². The largest absolute Gasteiger partial charge is 0.396 e. The van der Waals surface area contributed by atoms with Crippen molar-refractivity contribution in [3.63, 3.8) is 0 Å². The molecule has 0 amide bonds. The van der Waals surface area contributed by atoms with Crippen molar-refractivity contribution in [2.24, 2.45) is 5.41 Å².